The fraction of sp³-hybridized carbons (Fsp3) is 0.750. The van der Waals surface area contributed by atoms with Gasteiger partial charge in [0, 0.05) is 12.0 Å². The normalized spacial score (nSPS) is 27.1. The van der Waals surface area contributed by atoms with Gasteiger partial charge in [-0.2, -0.15) is 0 Å². The van der Waals surface area contributed by atoms with Gasteiger partial charge in [0.15, 0.2) is 0 Å². The summed E-state index contributed by atoms with van der Waals surface area (Å²) in [4.78, 5) is 11.7. The van der Waals surface area contributed by atoms with E-state index in [-0.39, 0.29) is 11.0 Å². The first kappa shape index (κ1) is 13.2. The van der Waals surface area contributed by atoms with Gasteiger partial charge in [0.25, 0.3) is 0 Å². The van der Waals surface area contributed by atoms with Crippen LogP contribution in [0.4, 0.5) is 0 Å². The highest BCUT2D eigenvalue weighted by atomic mass is 16.5. The Bertz CT molecular complexity index is 318. The van der Waals surface area contributed by atoms with E-state index in [1.54, 1.807) is 13.0 Å². The molecule has 0 saturated carbocycles. The second-order valence-corrected chi connectivity index (χ2v) is 5.50. The van der Waals surface area contributed by atoms with E-state index in [4.69, 9.17) is 4.74 Å². The van der Waals surface area contributed by atoms with Crippen LogP contribution in [0.3, 0.4) is 0 Å². The molecule has 0 radical (unpaired) electrons. The Morgan fingerprint density at radius 2 is 2.06 bits per heavy atom. The molecule has 0 aromatic rings. The summed E-state index contributed by atoms with van der Waals surface area (Å²) in [7, 11) is 0. The molecule has 0 spiro atoms. The highest BCUT2D eigenvalue weighted by Crippen LogP contribution is 2.23. The zero-order valence-corrected chi connectivity index (χ0v) is 10.7. The number of esters is 1. The van der Waals surface area contributed by atoms with Gasteiger partial charge in [0.1, 0.15) is 5.54 Å². The van der Waals surface area contributed by atoms with Crippen molar-refractivity contribution in [3.05, 3.63) is 16.9 Å². The van der Waals surface area contributed by atoms with E-state index in [0.717, 1.165) is 0 Å². The summed E-state index contributed by atoms with van der Waals surface area (Å²) in [6.07, 6.45) is 2.21. The Morgan fingerprint density at radius 1 is 1.50 bits per heavy atom. The summed E-state index contributed by atoms with van der Waals surface area (Å²) in [5.74, 6) is -0.295. The largest absolute Gasteiger partial charge is 0.633 e. The number of carbonyl (C=O) groups excluding carboxylic acids is 1. The minimum atomic E-state index is -0.580. The molecule has 0 bridgehead atoms. The van der Waals surface area contributed by atoms with Crippen LogP contribution < -0.4 is 5.06 Å². The Hall–Kier alpha value is -0.870. The maximum absolute atomic E-state index is 12.1. The number of carbonyl (C=O) groups is 1. The molecule has 1 aliphatic heterocycles. The van der Waals surface area contributed by atoms with Crippen LogP contribution in [0.5, 0.6) is 0 Å². The molecule has 4 heteroatoms. The first-order chi connectivity index (χ1) is 7.20. The molecule has 1 atom stereocenters. The number of quaternary nitrogens is 1. The van der Waals surface area contributed by atoms with E-state index >= 15 is 0 Å². The van der Waals surface area contributed by atoms with Crippen molar-refractivity contribution in [2.24, 2.45) is 0 Å². The standard InChI is InChI=1S/C12H21NO3/c1-6-16-10(14)9-7-11(2,3)13(15)12(4,5)8-9/h7,13H,6,8H2,1-5H3. The fourth-order valence-electron chi connectivity index (χ4n) is 2.34. The molecule has 0 aromatic heterocycles. The highest BCUT2D eigenvalue weighted by molar-refractivity contribution is 5.89. The molecule has 1 heterocycles. The van der Waals surface area contributed by atoms with Crippen molar-refractivity contribution in [2.75, 3.05) is 6.61 Å². The van der Waals surface area contributed by atoms with Gasteiger partial charge in [-0.25, -0.2) is 4.79 Å². The molecular weight excluding hydrogens is 206 g/mol. The van der Waals surface area contributed by atoms with E-state index in [9.17, 15) is 10.0 Å². The van der Waals surface area contributed by atoms with Crippen molar-refractivity contribution in [3.8, 4) is 0 Å². The zero-order chi connectivity index (χ0) is 12.6. The van der Waals surface area contributed by atoms with Crippen LogP contribution in [0, 0.1) is 5.21 Å². The smallest absolute Gasteiger partial charge is 0.334 e. The molecule has 92 valence electrons. The number of nitrogens with one attached hydrogen (secondary N) is 1. The predicted molar refractivity (Wildman–Crippen MR) is 61.8 cm³/mol. The second kappa shape index (κ2) is 4.18. The molecule has 0 aromatic carbocycles. The molecule has 0 amide bonds. The van der Waals surface area contributed by atoms with Crippen LogP contribution in [0.25, 0.3) is 0 Å². The molecule has 0 fully saturated rings. The van der Waals surface area contributed by atoms with E-state index in [0.29, 0.717) is 18.6 Å². The van der Waals surface area contributed by atoms with Crippen LogP contribution in [0.15, 0.2) is 11.6 Å². The Kier molecular flexibility index (Phi) is 3.45. The van der Waals surface area contributed by atoms with Crippen molar-refractivity contribution in [1.82, 2.24) is 0 Å². The quantitative estimate of drug-likeness (QED) is 0.561. The Labute approximate surface area is 96.8 Å². The maximum atomic E-state index is 12.1. The number of rotatable bonds is 2. The van der Waals surface area contributed by atoms with Crippen molar-refractivity contribution in [3.63, 3.8) is 0 Å². The van der Waals surface area contributed by atoms with Crippen LogP contribution in [-0.2, 0) is 9.53 Å². The van der Waals surface area contributed by atoms with Gasteiger partial charge in [-0.1, -0.05) is 0 Å². The molecule has 0 aliphatic carbocycles. The van der Waals surface area contributed by atoms with Crippen LogP contribution in [-0.4, -0.2) is 23.7 Å². The highest BCUT2D eigenvalue weighted by Gasteiger charge is 2.42. The van der Waals surface area contributed by atoms with Crippen molar-refractivity contribution in [1.29, 1.82) is 0 Å². The SMILES string of the molecule is CCOC(=O)C1=CC(C)(C)[NH+]([O-])C(C)(C)C1. The summed E-state index contributed by atoms with van der Waals surface area (Å²) in [5.41, 5.74) is -0.444. The van der Waals surface area contributed by atoms with Gasteiger partial charge < -0.3 is 15.0 Å². The third kappa shape index (κ3) is 2.44. The molecule has 1 aliphatic rings. The third-order valence-electron chi connectivity index (χ3n) is 2.90. The summed E-state index contributed by atoms with van der Waals surface area (Å²) in [6, 6.07) is 0. The van der Waals surface area contributed by atoms with Crippen LogP contribution >= 0.6 is 0 Å². The first-order valence-electron chi connectivity index (χ1n) is 5.64. The van der Waals surface area contributed by atoms with Gasteiger partial charge in [-0.05, 0) is 40.7 Å². The van der Waals surface area contributed by atoms with E-state index in [1.165, 1.54) is 0 Å². The molecule has 0 saturated heterocycles. The minimum Gasteiger partial charge on any atom is -0.633 e. The third-order valence-corrected chi connectivity index (χ3v) is 2.90. The van der Waals surface area contributed by atoms with Crippen LogP contribution in [0.1, 0.15) is 41.0 Å². The molecule has 4 nitrogen and oxygen atoms in total. The maximum Gasteiger partial charge on any atom is 0.334 e. The average molecular weight is 227 g/mol. The topological polar surface area (TPSA) is 53.8 Å². The monoisotopic (exact) mass is 227 g/mol. The number of hydroxylamine groups is 2. The predicted octanol–water partition coefficient (Wildman–Crippen LogP) is 0.819. The molecule has 1 rings (SSSR count). The van der Waals surface area contributed by atoms with Crippen molar-refractivity contribution in [2.45, 2.75) is 52.1 Å². The van der Waals surface area contributed by atoms with Crippen LogP contribution in [0.2, 0.25) is 0 Å². The van der Waals surface area contributed by atoms with Crippen molar-refractivity contribution >= 4 is 5.97 Å². The Balaban J connectivity index is 3.01. The second-order valence-electron chi connectivity index (χ2n) is 5.50. The average Bonchev–Trinajstić information content (AvgIpc) is 2.13. The molecular formula is C12H21NO3. The molecule has 1 unspecified atom stereocenters. The minimum absolute atomic E-state index is 0.174. The lowest BCUT2D eigenvalue weighted by Crippen LogP contribution is -3.22. The van der Waals surface area contributed by atoms with Gasteiger partial charge in [-0.15, -0.1) is 0 Å². The number of hydrogen-bond donors (Lipinski definition) is 1. The lowest BCUT2D eigenvalue weighted by molar-refractivity contribution is -0.943. The molecule has 1 N–H and O–H groups in total. The summed E-state index contributed by atoms with van der Waals surface area (Å²) in [6.45, 7) is 9.59. The van der Waals surface area contributed by atoms with E-state index in [1.807, 2.05) is 27.7 Å². The molecule has 16 heavy (non-hydrogen) atoms. The lowest BCUT2D eigenvalue weighted by Gasteiger charge is -2.50. The van der Waals surface area contributed by atoms with E-state index in [2.05, 4.69) is 0 Å². The van der Waals surface area contributed by atoms with Gasteiger partial charge >= 0.3 is 5.97 Å². The zero-order valence-electron chi connectivity index (χ0n) is 10.7. The first-order valence-corrected chi connectivity index (χ1v) is 5.64. The van der Waals surface area contributed by atoms with Crippen molar-refractivity contribution < 1.29 is 14.6 Å². The Morgan fingerprint density at radius 3 is 2.50 bits per heavy atom. The van der Waals surface area contributed by atoms with Gasteiger partial charge in [0.2, 0.25) is 0 Å². The summed E-state index contributed by atoms with van der Waals surface area (Å²) < 4.78 is 4.98. The number of hydrogen-bond acceptors (Lipinski definition) is 3. The van der Waals surface area contributed by atoms with Gasteiger partial charge in [-0.3, -0.25) is 0 Å². The summed E-state index contributed by atoms with van der Waals surface area (Å²) >= 11 is 0. The number of ether oxygens (including phenoxy) is 1. The summed E-state index contributed by atoms with van der Waals surface area (Å²) in [5, 5.41) is 12.3. The lowest BCUT2D eigenvalue weighted by atomic mass is 9.83. The van der Waals surface area contributed by atoms with Gasteiger partial charge in [0.05, 0.1) is 12.1 Å². The fourth-order valence-corrected chi connectivity index (χ4v) is 2.34. The van der Waals surface area contributed by atoms with E-state index < -0.39 is 11.1 Å².